The fraction of sp³-hybridized carbons (Fsp3) is 0.438. The highest BCUT2D eigenvalue weighted by Crippen LogP contribution is 2.48. The molecule has 4 atom stereocenters. The van der Waals surface area contributed by atoms with Gasteiger partial charge in [0.05, 0.1) is 48.0 Å². The number of alkyl halides is 6. The van der Waals surface area contributed by atoms with Crippen LogP contribution < -0.4 is 4.90 Å². The number of rotatable bonds is 10. The second-order valence-corrected chi connectivity index (χ2v) is 11.2. The monoisotopic (exact) mass is 641 g/mol. The highest BCUT2D eigenvalue weighted by Gasteiger charge is 2.55. The molecule has 45 heavy (non-hydrogen) atoms. The van der Waals surface area contributed by atoms with Gasteiger partial charge in [0, 0.05) is 13.0 Å². The number of aliphatic hydroxyl groups is 2. The third-order valence-corrected chi connectivity index (χ3v) is 8.32. The van der Waals surface area contributed by atoms with Crippen LogP contribution in [0.15, 0.2) is 59.2 Å². The highest BCUT2D eigenvalue weighted by molar-refractivity contribution is 6.22. The minimum atomic E-state index is -5.20. The van der Waals surface area contributed by atoms with E-state index in [-0.39, 0.29) is 36.8 Å². The van der Waals surface area contributed by atoms with E-state index in [1.54, 1.807) is 18.2 Å². The van der Waals surface area contributed by atoms with Gasteiger partial charge in [0.2, 0.25) is 11.8 Å². The summed E-state index contributed by atoms with van der Waals surface area (Å²) in [5, 5.41) is 31.6. The highest BCUT2D eigenvalue weighted by atomic mass is 19.4. The fourth-order valence-corrected chi connectivity index (χ4v) is 6.27. The first kappa shape index (κ1) is 34.2. The molecule has 1 fully saturated rings. The van der Waals surface area contributed by atoms with Crippen molar-refractivity contribution in [3.05, 3.63) is 75.9 Å². The average molecular weight is 642 g/mol. The van der Waals surface area contributed by atoms with Crippen molar-refractivity contribution >= 4 is 23.6 Å². The maximum atomic E-state index is 13.7. The van der Waals surface area contributed by atoms with E-state index in [9.17, 15) is 51.3 Å². The number of anilines is 1. The number of halogens is 6. The normalized spacial score (nSPS) is 21.9. The lowest BCUT2D eigenvalue weighted by Gasteiger charge is -2.36. The summed E-state index contributed by atoms with van der Waals surface area (Å²) in [4.78, 5) is 27.5. The van der Waals surface area contributed by atoms with Crippen LogP contribution in [-0.4, -0.2) is 53.6 Å². The molecule has 244 valence electrons. The molecule has 1 aliphatic heterocycles. The third-order valence-electron chi connectivity index (χ3n) is 8.32. The van der Waals surface area contributed by atoms with Crippen LogP contribution in [0.1, 0.15) is 49.3 Å². The summed E-state index contributed by atoms with van der Waals surface area (Å²) < 4.78 is 86.6. The Kier molecular flexibility index (Phi) is 10.1. The van der Waals surface area contributed by atoms with E-state index in [1.807, 2.05) is 13.0 Å². The molecule has 0 radical (unpaired) electrons. The minimum absolute atomic E-state index is 0.0840. The largest absolute Gasteiger partial charge is 0.508 e. The van der Waals surface area contributed by atoms with Gasteiger partial charge in [0.1, 0.15) is 5.75 Å². The number of amides is 2. The molecule has 1 saturated heterocycles. The van der Waals surface area contributed by atoms with Gasteiger partial charge in [-0.1, -0.05) is 30.7 Å². The van der Waals surface area contributed by atoms with Crippen molar-refractivity contribution in [1.82, 2.24) is 0 Å². The summed E-state index contributed by atoms with van der Waals surface area (Å²) in [6.07, 6.45) is -8.75. The molecule has 0 aromatic heterocycles. The zero-order valence-corrected chi connectivity index (χ0v) is 24.5. The number of hydrogen-bond donors (Lipinski definition) is 3. The first-order valence-corrected chi connectivity index (χ1v) is 14.3. The van der Waals surface area contributed by atoms with Crippen molar-refractivity contribution in [3.63, 3.8) is 0 Å². The third kappa shape index (κ3) is 7.26. The van der Waals surface area contributed by atoms with Crippen LogP contribution in [-0.2, 0) is 26.7 Å². The number of allylic oxidation sites excluding steroid dienone is 1. The van der Waals surface area contributed by atoms with Crippen molar-refractivity contribution in [2.75, 3.05) is 25.2 Å². The standard InChI is InChI=1S/C32H33F6NO6/c1-3-17(9-18-5-4-6-23(41)10-18)7-8-26(42)27-19(16-45-2)11-24-28(25(27)15-40)30(44)39(29(24)43)22-13-20(31(33,34)35)12-21(14-22)32(36,37)38/h4-6,9-10,12-14,24-26,28,40-42H,3,7-8,11,15-16H2,1-2H3/b17-9+/t24-,25+,26-,28-/m1/s1. The van der Waals surface area contributed by atoms with Gasteiger partial charge in [0.25, 0.3) is 0 Å². The van der Waals surface area contributed by atoms with Gasteiger partial charge >= 0.3 is 12.4 Å². The van der Waals surface area contributed by atoms with E-state index < -0.39 is 71.4 Å². The Labute approximate surface area is 255 Å². The van der Waals surface area contributed by atoms with Gasteiger partial charge in [-0.25, -0.2) is 4.90 Å². The zero-order valence-electron chi connectivity index (χ0n) is 24.5. The van der Waals surface area contributed by atoms with E-state index in [1.165, 1.54) is 13.2 Å². The Morgan fingerprint density at radius 1 is 1.04 bits per heavy atom. The number of benzene rings is 2. The molecule has 0 unspecified atom stereocenters. The molecular weight excluding hydrogens is 608 g/mol. The molecule has 1 heterocycles. The quantitative estimate of drug-likeness (QED) is 0.164. The van der Waals surface area contributed by atoms with Crippen LogP contribution >= 0.6 is 0 Å². The lowest BCUT2D eigenvalue weighted by molar-refractivity contribution is -0.143. The Bertz CT molecular complexity index is 1470. The van der Waals surface area contributed by atoms with Gasteiger partial charge in [0.15, 0.2) is 0 Å². The predicted molar refractivity (Wildman–Crippen MR) is 152 cm³/mol. The van der Waals surface area contributed by atoms with Crippen LogP contribution in [0.5, 0.6) is 5.75 Å². The van der Waals surface area contributed by atoms with Crippen molar-refractivity contribution in [2.45, 2.75) is 51.1 Å². The molecule has 2 aromatic carbocycles. The Hall–Kier alpha value is -3.68. The average Bonchev–Trinajstić information content (AvgIpc) is 3.22. The van der Waals surface area contributed by atoms with Crippen molar-refractivity contribution in [1.29, 1.82) is 0 Å². The maximum absolute atomic E-state index is 13.7. The zero-order chi connectivity index (χ0) is 33.3. The van der Waals surface area contributed by atoms with Crippen LogP contribution in [0.4, 0.5) is 32.0 Å². The fourth-order valence-electron chi connectivity index (χ4n) is 6.27. The van der Waals surface area contributed by atoms with Crippen molar-refractivity contribution in [2.24, 2.45) is 17.8 Å². The molecule has 1 aliphatic carbocycles. The second kappa shape index (κ2) is 13.4. The smallest absolute Gasteiger partial charge is 0.416 e. The molecule has 2 aromatic rings. The van der Waals surface area contributed by atoms with Gasteiger partial charge in [-0.3, -0.25) is 9.59 Å². The maximum Gasteiger partial charge on any atom is 0.416 e. The molecule has 4 rings (SSSR count). The molecular formula is C32H33F6NO6. The first-order chi connectivity index (χ1) is 21.1. The van der Waals surface area contributed by atoms with E-state index in [2.05, 4.69) is 0 Å². The van der Waals surface area contributed by atoms with Crippen LogP contribution in [0.25, 0.3) is 6.08 Å². The Morgan fingerprint density at radius 3 is 2.22 bits per heavy atom. The summed E-state index contributed by atoms with van der Waals surface area (Å²) in [6, 6.07) is 7.13. The predicted octanol–water partition coefficient (Wildman–Crippen LogP) is 6.13. The lowest BCUT2D eigenvalue weighted by Crippen LogP contribution is -2.39. The summed E-state index contributed by atoms with van der Waals surface area (Å²) in [7, 11) is 1.36. The summed E-state index contributed by atoms with van der Waals surface area (Å²) in [6.45, 7) is 1.10. The number of fused-ring (bicyclic) bond motifs is 1. The molecule has 0 saturated carbocycles. The topological polar surface area (TPSA) is 107 Å². The van der Waals surface area contributed by atoms with Gasteiger partial charge in [-0.05, 0) is 72.7 Å². The second-order valence-electron chi connectivity index (χ2n) is 11.2. The summed E-state index contributed by atoms with van der Waals surface area (Å²) in [5.74, 6) is -5.64. The Balaban J connectivity index is 1.68. The number of hydrogen-bond acceptors (Lipinski definition) is 6. The molecule has 0 spiro atoms. The number of carbonyl (C=O) groups excluding carboxylic acids is 2. The Morgan fingerprint density at radius 2 is 1.69 bits per heavy atom. The molecule has 3 N–H and O–H groups in total. The first-order valence-electron chi connectivity index (χ1n) is 14.3. The number of carbonyl (C=O) groups is 2. The summed E-state index contributed by atoms with van der Waals surface area (Å²) in [5.41, 5.74) is -1.89. The van der Waals surface area contributed by atoms with Crippen molar-refractivity contribution < 1.29 is 56.0 Å². The molecule has 13 heteroatoms. The number of methoxy groups -OCH3 is 1. The number of imide groups is 1. The minimum Gasteiger partial charge on any atom is -0.508 e. The number of aliphatic hydroxyl groups excluding tert-OH is 2. The number of phenols is 1. The van der Waals surface area contributed by atoms with Crippen molar-refractivity contribution in [3.8, 4) is 5.75 Å². The van der Waals surface area contributed by atoms with E-state index in [4.69, 9.17) is 4.74 Å². The van der Waals surface area contributed by atoms with E-state index >= 15 is 0 Å². The molecule has 2 amide bonds. The van der Waals surface area contributed by atoms with Crippen LogP contribution in [0.2, 0.25) is 0 Å². The van der Waals surface area contributed by atoms with E-state index in [0.717, 1.165) is 11.1 Å². The lowest BCUT2D eigenvalue weighted by atomic mass is 9.68. The van der Waals surface area contributed by atoms with Crippen LogP contribution in [0.3, 0.4) is 0 Å². The number of ether oxygens (including phenoxy) is 1. The van der Waals surface area contributed by atoms with Crippen LogP contribution in [0, 0.1) is 17.8 Å². The number of phenolic OH excluding ortho intramolecular Hbond substituents is 1. The molecule has 7 nitrogen and oxygen atoms in total. The van der Waals surface area contributed by atoms with Gasteiger partial charge in [-0.15, -0.1) is 0 Å². The van der Waals surface area contributed by atoms with E-state index in [0.29, 0.717) is 35.4 Å². The van der Waals surface area contributed by atoms with Gasteiger partial charge in [-0.2, -0.15) is 26.3 Å². The summed E-state index contributed by atoms with van der Waals surface area (Å²) >= 11 is 0. The SMILES string of the molecule is CC/C(=C\c1cccc(O)c1)CC[C@@H](O)C1=C(COC)C[C@H]2C(=O)N(c3cc(C(F)(F)F)cc(C(F)(F)F)c3)C(=O)[C@H]2[C@H]1CO. The number of aromatic hydroxyl groups is 1. The van der Waals surface area contributed by atoms with Gasteiger partial charge < -0.3 is 20.1 Å². The molecule has 2 aliphatic rings. The number of nitrogens with zero attached hydrogens (tertiary/aromatic N) is 1. The molecule has 0 bridgehead atoms.